The molecule has 2 nitrogen and oxygen atoms in total. The summed E-state index contributed by atoms with van der Waals surface area (Å²) in [5.41, 5.74) is -0.703. The molecule has 0 saturated carbocycles. The Kier molecular flexibility index (Phi) is 2.38. The second-order valence-corrected chi connectivity index (χ2v) is 4.16. The Labute approximate surface area is 73.3 Å². The van der Waals surface area contributed by atoms with E-state index in [1.807, 2.05) is 13.0 Å². The summed E-state index contributed by atoms with van der Waals surface area (Å²) in [5.74, 6) is 0.354. The Morgan fingerprint density at radius 2 is 2.17 bits per heavy atom. The van der Waals surface area contributed by atoms with Crippen LogP contribution in [-0.2, 0) is 4.79 Å². The molecule has 0 heterocycles. The lowest BCUT2D eigenvalue weighted by Gasteiger charge is -2.30. The smallest absolute Gasteiger partial charge is 0.158 e. The minimum Gasteiger partial charge on any atom is -0.390 e. The first-order valence-electron chi connectivity index (χ1n) is 4.35. The summed E-state index contributed by atoms with van der Waals surface area (Å²) in [5, 5.41) is 9.68. The Morgan fingerprint density at radius 3 is 2.58 bits per heavy atom. The van der Waals surface area contributed by atoms with Crippen molar-refractivity contribution < 1.29 is 9.90 Å². The van der Waals surface area contributed by atoms with Gasteiger partial charge in [-0.05, 0) is 26.3 Å². The van der Waals surface area contributed by atoms with E-state index >= 15 is 0 Å². The van der Waals surface area contributed by atoms with Crippen molar-refractivity contribution in [2.24, 2.45) is 11.8 Å². The Morgan fingerprint density at radius 1 is 1.58 bits per heavy atom. The summed E-state index contributed by atoms with van der Waals surface area (Å²) in [6.45, 7) is 5.47. The first-order valence-corrected chi connectivity index (χ1v) is 4.35. The van der Waals surface area contributed by atoms with E-state index in [-0.39, 0.29) is 17.6 Å². The van der Waals surface area contributed by atoms with E-state index in [0.717, 1.165) is 6.42 Å². The van der Waals surface area contributed by atoms with E-state index in [1.54, 1.807) is 19.9 Å². The predicted molar refractivity (Wildman–Crippen MR) is 47.7 cm³/mol. The molecule has 1 aliphatic carbocycles. The molecule has 2 atom stereocenters. The third-order valence-electron chi connectivity index (χ3n) is 2.49. The normalized spacial score (nSPS) is 30.8. The zero-order chi connectivity index (χ0) is 9.35. The molecule has 0 aromatic carbocycles. The van der Waals surface area contributed by atoms with Gasteiger partial charge in [0.15, 0.2) is 5.78 Å². The van der Waals surface area contributed by atoms with Gasteiger partial charge in [0.1, 0.15) is 0 Å². The summed E-state index contributed by atoms with van der Waals surface area (Å²) in [4.78, 5) is 11.1. The van der Waals surface area contributed by atoms with Gasteiger partial charge in [0, 0.05) is 11.8 Å². The van der Waals surface area contributed by atoms with Crippen molar-refractivity contribution in [1.82, 2.24) is 0 Å². The molecule has 0 radical (unpaired) electrons. The highest BCUT2D eigenvalue weighted by atomic mass is 16.3. The van der Waals surface area contributed by atoms with E-state index in [2.05, 4.69) is 0 Å². The van der Waals surface area contributed by atoms with Gasteiger partial charge in [-0.3, -0.25) is 4.79 Å². The fraction of sp³-hybridized carbons (Fsp3) is 0.700. The van der Waals surface area contributed by atoms with Crippen LogP contribution in [0.25, 0.3) is 0 Å². The van der Waals surface area contributed by atoms with Crippen LogP contribution in [0.4, 0.5) is 0 Å². The van der Waals surface area contributed by atoms with Crippen LogP contribution in [0.3, 0.4) is 0 Å². The van der Waals surface area contributed by atoms with Gasteiger partial charge >= 0.3 is 0 Å². The molecule has 2 heteroatoms. The summed E-state index contributed by atoms with van der Waals surface area (Å²) in [7, 11) is 0. The Hall–Kier alpha value is -0.630. The summed E-state index contributed by atoms with van der Waals surface area (Å²) >= 11 is 0. The van der Waals surface area contributed by atoms with Crippen LogP contribution >= 0.6 is 0 Å². The van der Waals surface area contributed by atoms with Gasteiger partial charge in [-0.25, -0.2) is 0 Å². The van der Waals surface area contributed by atoms with Crippen molar-refractivity contribution >= 4 is 5.78 Å². The number of hydrogen-bond donors (Lipinski definition) is 1. The Bertz CT molecular complexity index is 210. The molecular weight excluding hydrogens is 152 g/mol. The van der Waals surface area contributed by atoms with Crippen molar-refractivity contribution in [2.45, 2.75) is 32.8 Å². The quantitative estimate of drug-likeness (QED) is 0.644. The van der Waals surface area contributed by atoms with E-state index in [4.69, 9.17) is 0 Å². The van der Waals surface area contributed by atoms with Crippen molar-refractivity contribution in [2.75, 3.05) is 0 Å². The zero-order valence-corrected chi connectivity index (χ0v) is 7.87. The molecule has 0 aromatic heterocycles. The van der Waals surface area contributed by atoms with Gasteiger partial charge in [-0.2, -0.15) is 0 Å². The fourth-order valence-electron chi connectivity index (χ4n) is 1.47. The third-order valence-corrected chi connectivity index (χ3v) is 2.49. The molecular formula is C10H16O2. The van der Waals surface area contributed by atoms with Crippen molar-refractivity contribution in [1.29, 1.82) is 0 Å². The molecule has 0 fully saturated rings. The number of hydrogen-bond acceptors (Lipinski definition) is 2. The zero-order valence-electron chi connectivity index (χ0n) is 7.87. The highest BCUT2D eigenvalue weighted by Crippen LogP contribution is 2.29. The SMILES string of the molecule is C[C@@H]1C[C@H](C(C)(C)O)C=CC1=O. The Balaban J connectivity index is 2.74. The highest BCUT2D eigenvalue weighted by molar-refractivity contribution is 5.92. The van der Waals surface area contributed by atoms with Gasteiger partial charge in [-0.1, -0.05) is 13.0 Å². The first kappa shape index (κ1) is 9.46. The third kappa shape index (κ3) is 1.95. The van der Waals surface area contributed by atoms with Crippen molar-refractivity contribution in [3.63, 3.8) is 0 Å². The number of ketones is 1. The number of carbonyl (C=O) groups is 1. The minimum atomic E-state index is -0.703. The van der Waals surface area contributed by atoms with Crippen molar-refractivity contribution in [3.8, 4) is 0 Å². The molecule has 1 aliphatic rings. The molecule has 0 unspecified atom stereocenters. The van der Waals surface area contributed by atoms with E-state index in [9.17, 15) is 9.90 Å². The molecule has 68 valence electrons. The van der Waals surface area contributed by atoms with Crippen LogP contribution in [-0.4, -0.2) is 16.5 Å². The standard InChI is InChI=1S/C10H16O2/c1-7-6-8(10(2,3)12)4-5-9(7)11/h4-5,7-8,12H,6H2,1-3H3/t7-,8-/m1/s1. The van der Waals surface area contributed by atoms with Crippen LogP contribution in [0.5, 0.6) is 0 Å². The van der Waals surface area contributed by atoms with E-state index in [0.29, 0.717) is 0 Å². The van der Waals surface area contributed by atoms with Gasteiger partial charge in [-0.15, -0.1) is 0 Å². The molecule has 1 N–H and O–H groups in total. The first-order chi connectivity index (χ1) is 5.41. The fourth-order valence-corrected chi connectivity index (χ4v) is 1.47. The van der Waals surface area contributed by atoms with Gasteiger partial charge in [0.25, 0.3) is 0 Å². The maximum atomic E-state index is 11.1. The van der Waals surface area contributed by atoms with Gasteiger partial charge in [0.2, 0.25) is 0 Å². The van der Waals surface area contributed by atoms with Crippen LogP contribution < -0.4 is 0 Å². The topological polar surface area (TPSA) is 37.3 Å². The molecule has 0 aliphatic heterocycles. The van der Waals surface area contributed by atoms with Crippen LogP contribution in [0.15, 0.2) is 12.2 Å². The molecule has 0 saturated heterocycles. The van der Waals surface area contributed by atoms with Crippen molar-refractivity contribution in [3.05, 3.63) is 12.2 Å². The lowest BCUT2D eigenvalue weighted by atomic mass is 9.78. The highest BCUT2D eigenvalue weighted by Gasteiger charge is 2.30. The number of carbonyl (C=O) groups excluding carboxylic acids is 1. The molecule has 0 aromatic rings. The lowest BCUT2D eigenvalue weighted by molar-refractivity contribution is -0.119. The summed E-state index contributed by atoms with van der Waals surface area (Å²) < 4.78 is 0. The molecule has 0 amide bonds. The summed E-state index contributed by atoms with van der Waals surface area (Å²) in [6, 6.07) is 0. The van der Waals surface area contributed by atoms with Crippen LogP contribution in [0.2, 0.25) is 0 Å². The van der Waals surface area contributed by atoms with Crippen LogP contribution in [0.1, 0.15) is 27.2 Å². The maximum absolute atomic E-state index is 11.1. The lowest BCUT2D eigenvalue weighted by Crippen LogP contribution is -2.34. The van der Waals surface area contributed by atoms with Gasteiger partial charge in [0.05, 0.1) is 5.60 Å². The number of aliphatic hydroxyl groups is 1. The van der Waals surface area contributed by atoms with E-state index < -0.39 is 5.60 Å². The second kappa shape index (κ2) is 3.02. The average molecular weight is 168 g/mol. The molecule has 1 rings (SSSR count). The number of rotatable bonds is 1. The average Bonchev–Trinajstić information content (AvgIpc) is 1.92. The largest absolute Gasteiger partial charge is 0.390 e. The number of allylic oxidation sites excluding steroid dienone is 1. The maximum Gasteiger partial charge on any atom is 0.158 e. The minimum absolute atomic E-state index is 0.0615. The van der Waals surface area contributed by atoms with Gasteiger partial charge < -0.3 is 5.11 Å². The predicted octanol–water partition coefficient (Wildman–Crippen LogP) is 1.54. The second-order valence-electron chi connectivity index (χ2n) is 4.16. The molecule has 0 spiro atoms. The van der Waals surface area contributed by atoms with Crippen LogP contribution in [0, 0.1) is 11.8 Å². The molecule has 12 heavy (non-hydrogen) atoms. The summed E-state index contributed by atoms with van der Waals surface area (Å²) in [6.07, 6.45) is 4.18. The van der Waals surface area contributed by atoms with E-state index in [1.165, 1.54) is 0 Å². The molecule has 0 bridgehead atoms. The monoisotopic (exact) mass is 168 g/mol.